The van der Waals surface area contributed by atoms with Crippen molar-refractivity contribution in [3.05, 3.63) is 394 Å². The number of Topliss-reactive ketones (excluding diaryl/α,β-unsaturated/α-hetero) is 4. The average Bonchev–Trinajstić information content (AvgIpc) is 0.760. The fourth-order valence-electron chi connectivity index (χ4n) is 16.2. The number of unbranched alkanes of at least 4 members (excludes halogenated alkanes) is 9. The molecule has 1 unspecified atom stereocenters. The summed E-state index contributed by atoms with van der Waals surface area (Å²) in [6.07, 6.45) is 14.4. The zero-order valence-electron chi connectivity index (χ0n) is 84.9. The highest BCUT2D eigenvalue weighted by molar-refractivity contribution is 7.94. The Bertz CT molecular complexity index is 6770. The summed E-state index contributed by atoms with van der Waals surface area (Å²) >= 11 is 0. The number of hydrogen-bond donors (Lipinski definition) is 0. The van der Waals surface area contributed by atoms with Gasteiger partial charge in [-0.1, -0.05) is 253 Å². The van der Waals surface area contributed by atoms with Gasteiger partial charge in [0.2, 0.25) is 42.7 Å². The lowest BCUT2D eigenvalue weighted by Crippen LogP contribution is -2.45. The lowest BCUT2D eigenvalue weighted by Gasteiger charge is -2.31. The minimum Gasteiger partial charge on any atom is -0.318 e. The normalized spacial score (nSPS) is 11.9. The Hall–Kier alpha value is -15.5. The number of likely N-dealkylation sites (N-methyl/N-ethyl adjacent to an activating group) is 1. The summed E-state index contributed by atoms with van der Waals surface area (Å²) < 4.78 is 29.6. The van der Waals surface area contributed by atoms with Crippen molar-refractivity contribution in [3.63, 3.8) is 0 Å². The number of rotatable bonds is 47. The molecule has 0 aliphatic heterocycles. The van der Waals surface area contributed by atoms with Gasteiger partial charge in [-0.3, -0.25) is 43.8 Å². The molecule has 0 aliphatic rings. The number of nitro benzene ring substituents is 1. The van der Waals surface area contributed by atoms with Crippen LogP contribution in [-0.2, 0) is 50.9 Å². The van der Waals surface area contributed by atoms with Crippen LogP contribution in [0.3, 0.4) is 0 Å². The summed E-state index contributed by atoms with van der Waals surface area (Å²) in [5, 5.41) is 24.8. The molecule has 0 amide bonds. The largest absolute Gasteiger partial charge is 0.331 e. The van der Waals surface area contributed by atoms with Gasteiger partial charge < -0.3 is 38.3 Å². The lowest BCUT2D eigenvalue weighted by atomic mass is 9.92. The average molecular weight is 2000 g/mol. The minimum atomic E-state index is -3.73. The SMILES string of the molecule is CCCCCC/C(=N\OC(C)=O)C(=O)c1ccc(N(c2ccc(C(=O)C(C)(C)N(C)C)cc2)c2ccc([N+](=O)[O-])cc2)cc1.CCCCCC/C(=N\OC(C)=O)C(=O)c1ccc(N(c2ccc(CC)cc2)c2ccc(C(=O)P(=O)(c3ccccc3)c3ccccc3)cc2)cc1.CCCCCC/C(=N\OC(C)=O)C(=O)c1ccc(N(c2ccc(CC)cc2)c2ccc(P(=O)(C(=O)c3ccccc3)c3ccccc3)cc2)cc1. The van der Waals surface area contributed by atoms with E-state index in [0.29, 0.717) is 90.9 Å². The Morgan fingerprint density at radius 3 is 0.788 bits per heavy atom. The van der Waals surface area contributed by atoms with Crippen LogP contribution in [0, 0.1) is 10.1 Å². The summed E-state index contributed by atoms with van der Waals surface area (Å²) in [7, 11) is -3.69. The maximum atomic E-state index is 14.9. The molecule has 26 heteroatoms. The molecule has 13 aromatic carbocycles. The highest BCUT2D eigenvalue weighted by Gasteiger charge is 2.39. The number of hydrogen-bond acceptors (Lipinski definition) is 23. The molecule has 13 rings (SSSR count). The molecule has 752 valence electrons. The third-order valence-corrected chi connectivity index (χ3v) is 30.7. The van der Waals surface area contributed by atoms with E-state index < -0.39 is 53.7 Å². The van der Waals surface area contributed by atoms with Gasteiger partial charge in [0.15, 0.2) is 5.78 Å². The molecular weight excluding hydrogens is 1870 g/mol. The van der Waals surface area contributed by atoms with Crippen LogP contribution >= 0.6 is 14.3 Å². The van der Waals surface area contributed by atoms with E-state index in [-0.39, 0.29) is 46.0 Å². The van der Waals surface area contributed by atoms with Gasteiger partial charge in [0.05, 0.1) is 10.5 Å². The van der Waals surface area contributed by atoms with E-state index in [0.717, 1.165) is 124 Å². The molecule has 0 bridgehead atoms. The molecule has 0 N–H and O–H groups in total. The summed E-state index contributed by atoms with van der Waals surface area (Å²) in [6.45, 7) is 18.0. The van der Waals surface area contributed by atoms with Crippen LogP contribution in [0.15, 0.2) is 355 Å². The highest BCUT2D eigenvalue weighted by Crippen LogP contribution is 2.50. The number of oxime groups is 3. The maximum absolute atomic E-state index is 14.9. The fraction of sp³-hybridized carbons (Fsp3) is 0.250. The Morgan fingerprint density at radius 2 is 0.534 bits per heavy atom. The highest BCUT2D eigenvalue weighted by atomic mass is 31.2. The molecule has 24 nitrogen and oxygen atoms in total. The van der Waals surface area contributed by atoms with Crippen molar-refractivity contribution in [2.24, 2.45) is 15.5 Å². The lowest BCUT2D eigenvalue weighted by molar-refractivity contribution is -0.384. The number of anilines is 9. The number of ketones is 4. The third kappa shape index (κ3) is 29.2. The van der Waals surface area contributed by atoms with E-state index in [1.165, 1.54) is 44.0 Å². The molecule has 0 radical (unpaired) electrons. The van der Waals surface area contributed by atoms with Crippen LogP contribution in [-0.4, -0.2) is 98.7 Å². The first kappa shape index (κ1) is 111. The molecule has 0 saturated heterocycles. The van der Waals surface area contributed by atoms with Gasteiger partial charge in [-0.05, 0) is 272 Å². The molecule has 0 saturated carbocycles. The summed E-state index contributed by atoms with van der Waals surface area (Å²) in [6, 6.07) is 101. The van der Waals surface area contributed by atoms with E-state index in [1.54, 1.807) is 194 Å². The van der Waals surface area contributed by atoms with Crippen molar-refractivity contribution in [2.75, 3.05) is 28.8 Å². The van der Waals surface area contributed by atoms with Gasteiger partial charge in [0.1, 0.15) is 17.1 Å². The smallest absolute Gasteiger partial charge is 0.318 e. The topological polar surface area (TPSA) is 309 Å². The Balaban J connectivity index is 0.000000209. The van der Waals surface area contributed by atoms with Crippen LogP contribution in [0.4, 0.5) is 56.9 Å². The predicted molar refractivity (Wildman–Crippen MR) is 586 cm³/mol. The molecular formula is C120H126N8O16P2. The molecule has 0 aliphatic carbocycles. The standard InChI is InChI=1S/2C43H43N2O5P.C34H40N4O6/c1-4-6-7-14-19-41(44-50-32(3)46)42(47)34-22-28-37(29-23-34)45(36-26-20-33(5-2)21-27-36)38-30-24-35(25-31-38)43(48)51(49,39-15-10-8-11-16-39)40-17-12-9-13-18-40;1-4-6-7-14-19-41(44-50-32(3)46)42(47)34-22-26-37(27-23-34)45(36-24-20-33(5-2)21-25-36)38-28-30-40(31-29-38)51(49,39-17-12-9-13-18-39)43(48)35-15-10-8-11-16-35;1-7-8-9-10-11-31(35-44-24(2)39)32(40)25-12-16-27(17-13-25)37(29-20-22-30(23-21-29)38(42)43)28-18-14-26(15-19-28)33(41)34(3,4)36(5)6/h2*8-13,15-18,20-31H,4-7,14,19H2,1-3H3;12-23H,7-11H2,1-6H3/b2*44-41+;35-31+. The maximum Gasteiger partial charge on any atom is 0.331 e. The first-order chi connectivity index (χ1) is 70.4. The number of nitrogens with zero attached hydrogens (tertiary/aromatic N) is 8. The number of non-ortho nitro benzene ring substituents is 1. The number of carbonyl (C=O) groups is 9. The van der Waals surface area contributed by atoms with Crippen molar-refractivity contribution < 1.29 is 71.7 Å². The molecule has 0 heterocycles. The molecule has 1 atom stereocenters. The van der Waals surface area contributed by atoms with Gasteiger partial charge in [-0.15, -0.1) is 0 Å². The van der Waals surface area contributed by atoms with Crippen LogP contribution < -0.4 is 35.9 Å². The zero-order chi connectivity index (χ0) is 105. The van der Waals surface area contributed by atoms with Gasteiger partial charge >= 0.3 is 17.9 Å². The van der Waals surface area contributed by atoms with Crippen molar-refractivity contribution in [2.45, 2.75) is 184 Å². The number of aryl methyl sites for hydroxylation is 2. The van der Waals surface area contributed by atoms with Crippen molar-refractivity contribution in [1.29, 1.82) is 0 Å². The third-order valence-electron chi connectivity index (χ3n) is 25.0. The Kier molecular flexibility index (Phi) is 41.2. The molecule has 0 aromatic heterocycles. The van der Waals surface area contributed by atoms with E-state index in [1.807, 2.05) is 157 Å². The Morgan fingerprint density at radius 1 is 0.301 bits per heavy atom. The quantitative estimate of drug-likeness (QED) is 0.00650. The zero-order valence-corrected chi connectivity index (χ0v) is 86.6. The van der Waals surface area contributed by atoms with Crippen molar-refractivity contribution in [3.8, 4) is 0 Å². The number of benzene rings is 13. The van der Waals surface area contributed by atoms with Gasteiger partial charge in [0.25, 0.3) is 5.69 Å². The van der Waals surface area contributed by atoms with E-state index in [2.05, 4.69) is 74.4 Å². The first-order valence-electron chi connectivity index (χ1n) is 49.4. The summed E-state index contributed by atoms with van der Waals surface area (Å²) in [5.74, 6) is -2.70. The van der Waals surface area contributed by atoms with E-state index >= 15 is 0 Å². The van der Waals surface area contributed by atoms with Gasteiger partial charge in [-0.25, -0.2) is 14.4 Å². The Labute approximate surface area is 855 Å². The first-order valence-corrected chi connectivity index (χ1v) is 52.8. The van der Waals surface area contributed by atoms with Crippen LogP contribution in [0.5, 0.6) is 0 Å². The molecule has 0 spiro atoms. The van der Waals surface area contributed by atoms with Crippen LogP contribution in [0.25, 0.3) is 0 Å². The molecule has 13 aromatic rings. The molecule has 0 fully saturated rings. The van der Waals surface area contributed by atoms with Crippen LogP contribution in [0.1, 0.15) is 239 Å². The monoisotopic (exact) mass is 2000 g/mol. The van der Waals surface area contributed by atoms with E-state index in [9.17, 15) is 62.4 Å². The van der Waals surface area contributed by atoms with Gasteiger partial charge in [-0.2, -0.15) is 0 Å². The summed E-state index contributed by atoms with van der Waals surface area (Å²) in [5.41, 5.74) is 10.9. The molecule has 146 heavy (non-hydrogen) atoms. The summed E-state index contributed by atoms with van der Waals surface area (Å²) in [4.78, 5) is 149. The second-order valence-electron chi connectivity index (χ2n) is 35.8. The fourth-order valence-corrected chi connectivity index (χ4v) is 21.1. The van der Waals surface area contributed by atoms with Crippen LogP contribution in [0.2, 0.25) is 0 Å². The number of nitro groups is 1. The van der Waals surface area contributed by atoms with Crippen molar-refractivity contribution in [1.82, 2.24) is 4.90 Å². The second kappa shape index (κ2) is 54.3. The number of carbonyl (C=O) groups excluding carboxylic acids is 9. The van der Waals surface area contributed by atoms with Gasteiger partial charge in [0, 0.05) is 139 Å². The predicted octanol–water partition coefficient (Wildman–Crippen LogP) is 27.6. The van der Waals surface area contributed by atoms with E-state index in [4.69, 9.17) is 14.5 Å². The minimum absolute atomic E-state index is 0.0280. The second-order valence-corrected chi connectivity index (χ2v) is 41.2. The van der Waals surface area contributed by atoms with Crippen molar-refractivity contribution >= 4 is 162 Å².